The highest BCUT2D eigenvalue weighted by atomic mass is 35.5. The molecule has 0 fully saturated rings. The van der Waals surface area contributed by atoms with Crippen molar-refractivity contribution in [2.45, 2.75) is 4.90 Å². The molecule has 0 saturated heterocycles. The van der Waals surface area contributed by atoms with Crippen molar-refractivity contribution in [3.63, 3.8) is 0 Å². The SMILES string of the molecule is COC(=O)C(=O)C1=C(O)c2cc(Cl)ccc2SC1. The first-order valence-corrected chi connectivity index (χ1v) is 6.38. The van der Waals surface area contributed by atoms with Gasteiger partial charge in [0, 0.05) is 21.2 Å². The molecule has 6 heteroatoms. The van der Waals surface area contributed by atoms with Crippen LogP contribution in [0.2, 0.25) is 5.02 Å². The number of esters is 1. The van der Waals surface area contributed by atoms with E-state index in [1.807, 2.05) is 0 Å². The summed E-state index contributed by atoms with van der Waals surface area (Å²) in [4.78, 5) is 23.7. The number of hydrogen-bond donors (Lipinski definition) is 1. The zero-order valence-electron chi connectivity index (χ0n) is 9.40. The van der Waals surface area contributed by atoms with Crippen LogP contribution >= 0.6 is 23.4 Å². The minimum atomic E-state index is -0.984. The molecule has 0 radical (unpaired) electrons. The van der Waals surface area contributed by atoms with Crippen LogP contribution in [0.15, 0.2) is 28.7 Å². The maximum absolute atomic E-state index is 11.7. The average Bonchev–Trinajstić information content (AvgIpc) is 2.38. The second kappa shape index (κ2) is 5.04. The summed E-state index contributed by atoms with van der Waals surface area (Å²) in [5, 5.41) is 10.5. The van der Waals surface area contributed by atoms with E-state index in [1.165, 1.54) is 11.8 Å². The Morgan fingerprint density at radius 1 is 1.44 bits per heavy atom. The van der Waals surface area contributed by atoms with Crippen molar-refractivity contribution in [2.75, 3.05) is 12.9 Å². The third-order valence-electron chi connectivity index (χ3n) is 2.50. The largest absolute Gasteiger partial charge is 0.507 e. The van der Waals surface area contributed by atoms with Crippen LogP contribution in [-0.4, -0.2) is 29.7 Å². The van der Waals surface area contributed by atoms with E-state index in [0.29, 0.717) is 10.6 Å². The van der Waals surface area contributed by atoms with Crippen LogP contribution in [0.3, 0.4) is 0 Å². The van der Waals surface area contributed by atoms with Gasteiger partial charge in [-0.2, -0.15) is 0 Å². The molecule has 0 aliphatic carbocycles. The molecule has 4 nitrogen and oxygen atoms in total. The first-order valence-electron chi connectivity index (χ1n) is 5.02. The summed E-state index contributed by atoms with van der Waals surface area (Å²) < 4.78 is 4.36. The molecule has 1 aliphatic heterocycles. The lowest BCUT2D eigenvalue weighted by atomic mass is 10.1. The molecular weight excluding hydrogens is 276 g/mol. The van der Waals surface area contributed by atoms with Gasteiger partial charge < -0.3 is 9.84 Å². The van der Waals surface area contributed by atoms with Gasteiger partial charge in [0.1, 0.15) is 5.76 Å². The van der Waals surface area contributed by atoms with Gasteiger partial charge in [-0.05, 0) is 18.2 Å². The van der Waals surface area contributed by atoms with Crippen molar-refractivity contribution >= 4 is 40.9 Å². The maximum atomic E-state index is 11.7. The van der Waals surface area contributed by atoms with Gasteiger partial charge in [0.2, 0.25) is 0 Å². The first-order chi connectivity index (χ1) is 8.54. The van der Waals surface area contributed by atoms with Gasteiger partial charge in [0.05, 0.1) is 12.7 Å². The molecule has 1 N–H and O–H groups in total. The van der Waals surface area contributed by atoms with E-state index in [2.05, 4.69) is 4.74 Å². The van der Waals surface area contributed by atoms with Crippen LogP contribution in [0.5, 0.6) is 0 Å². The molecule has 2 rings (SSSR count). The number of benzene rings is 1. The van der Waals surface area contributed by atoms with E-state index >= 15 is 0 Å². The summed E-state index contributed by atoms with van der Waals surface area (Å²) in [5.41, 5.74) is 0.507. The summed E-state index contributed by atoms with van der Waals surface area (Å²) in [6.45, 7) is 0. The highest BCUT2D eigenvalue weighted by molar-refractivity contribution is 7.99. The molecule has 1 aromatic rings. The number of ether oxygens (including phenoxy) is 1. The van der Waals surface area contributed by atoms with Crippen LogP contribution in [0, 0.1) is 0 Å². The van der Waals surface area contributed by atoms with Gasteiger partial charge in [-0.15, -0.1) is 11.8 Å². The van der Waals surface area contributed by atoms with Crippen molar-refractivity contribution in [2.24, 2.45) is 0 Å². The normalized spacial score (nSPS) is 14.1. The van der Waals surface area contributed by atoms with E-state index in [-0.39, 0.29) is 17.1 Å². The van der Waals surface area contributed by atoms with E-state index in [1.54, 1.807) is 18.2 Å². The molecular formula is C12H9ClO4S. The van der Waals surface area contributed by atoms with Crippen molar-refractivity contribution in [1.82, 2.24) is 0 Å². The van der Waals surface area contributed by atoms with Crippen LogP contribution in [0.4, 0.5) is 0 Å². The van der Waals surface area contributed by atoms with Gasteiger partial charge in [-0.25, -0.2) is 4.79 Å². The van der Waals surface area contributed by atoms with Crippen LogP contribution in [-0.2, 0) is 14.3 Å². The molecule has 1 aliphatic rings. The fourth-order valence-electron chi connectivity index (χ4n) is 1.58. The lowest BCUT2D eigenvalue weighted by Crippen LogP contribution is -2.21. The topological polar surface area (TPSA) is 63.6 Å². The first kappa shape index (κ1) is 13.0. The molecule has 0 spiro atoms. The van der Waals surface area contributed by atoms with Crippen LogP contribution in [0.1, 0.15) is 5.56 Å². The Morgan fingerprint density at radius 3 is 2.83 bits per heavy atom. The molecule has 0 bridgehead atoms. The summed E-state index contributed by atoms with van der Waals surface area (Å²) in [7, 11) is 1.12. The molecule has 94 valence electrons. The van der Waals surface area contributed by atoms with Gasteiger partial charge in [-0.3, -0.25) is 4.79 Å². The van der Waals surface area contributed by atoms with Crippen molar-refractivity contribution in [1.29, 1.82) is 0 Å². The number of hydrogen-bond acceptors (Lipinski definition) is 5. The molecule has 0 aromatic heterocycles. The summed E-state index contributed by atoms with van der Waals surface area (Å²) in [6, 6.07) is 5.02. The average molecular weight is 285 g/mol. The van der Waals surface area contributed by atoms with Crippen LogP contribution < -0.4 is 0 Å². The number of rotatable bonds is 2. The second-order valence-corrected chi connectivity index (χ2v) is 5.03. The molecule has 0 unspecified atom stereocenters. The molecule has 1 heterocycles. The number of carbonyl (C=O) groups excluding carboxylic acids is 2. The second-order valence-electron chi connectivity index (χ2n) is 3.58. The third kappa shape index (κ3) is 2.23. The quantitative estimate of drug-likeness (QED) is 0.667. The van der Waals surface area contributed by atoms with Gasteiger partial charge in [0.15, 0.2) is 0 Å². The monoisotopic (exact) mass is 284 g/mol. The highest BCUT2D eigenvalue weighted by Gasteiger charge is 2.28. The van der Waals surface area contributed by atoms with Gasteiger partial charge >= 0.3 is 5.97 Å². The number of fused-ring (bicyclic) bond motifs is 1. The third-order valence-corrected chi connectivity index (χ3v) is 3.83. The Kier molecular flexibility index (Phi) is 3.63. The predicted molar refractivity (Wildman–Crippen MR) is 68.7 cm³/mol. The Labute approximate surface area is 113 Å². The van der Waals surface area contributed by atoms with Gasteiger partial charge in [-0.1, -0.05) is 11.6 Å². The highest BCUT2D eigenvalue weighted by Crippen LogP contribution is 2.37. The lowest BCUT2D eigenvalue weighted by molar-refractivity contribution is -0.149. The zero-order valence-corrected chi connectivity index (χ0v) is 11.0. The van der Waals surface area contributed by atoms with Crippen molar-refractivity contribution < 1.29 is 19.4 Å². The number of aliphatic hydroxyl groups is 1. The molecule has 0 amide bonds. The number of halogens is 1. The van der Waals surface area contributed by atoms with E-state index in [9.17, 15) is 14.7 Å². The smallest absolute Gasteiger partial charge is 0.379 e. The number of methoxy groups -OCH3 is 1. The molecule has 18 heavy (non-hydrogen) atoms. The minimum Gasteiger partial charge on any atom is -0.507 e. The Balaban J connectivity index is 2.48. The molecule has 1 aromatic carbocycles. The number of carbonyl (C=O) groups is 2. The molecule has 0 atom stereocenters. The van der Waals surface area contributed by atoms with Gasteiger partial charge in [0.25, 0.3) is 5.78 Å². The number of ketones is 1. The van der Waals surface area contributed by atoms with E-state index in [4.69, 9.17) is 11.6 Å². The number of Topliss-reactive ketones (excluding diaryl/α,β-unsaturated/α-hetero) is 1. The Morgan fingerprint density at radius 2 is 2.17 bits per heavy atom. The van der Waals surface area contributed by atoms with E-state index in [0.717, 1.165) is 12.0 Å². The fraction of sp³-hybridized carbons (Fsp3) is 0.167. The minimum absolute atomic E-state index is 0.0432. The standard InChI is InChI=1S/C12H9ClO4S/c1-17-12(16)11(15)8-5-18-9-3-2-6(13)4-7(9)10(8)14/h2-4,14H,5H2,1H3. The Bertz CT molecular complexity index is 565. The predicted octanol–water partition coefficient (Wildman–Crippen LogP) is 2.46. The van der Waals surface area contributed by atoms with Crippen molar-refractivity contribution in [3.05, 3.63) is 34.4 Å². The van der Waals surface area contributed by atoms with Crippen molar-refractivity contribution in [3.8, 4) is 0 Å². The summed E-state index contributed by atoms with van der Waals surface area (Å²) in [5.74, 6) is -1.79. The summed E-state index contributed by atoms with van der Waals surface area (Å²) >= 11 is 7.20. The fourth-order valence-corrected chi connectivity index (χ4v) is 2.80. The molecule has 0 saturated carbocycles. The Hall–Kier alpha value is -1.46. The lowest BCUT2D eigenvalue weighted by Gasteiger charge is -2.17. The van der Waals surface area contributed by atoms with E-state index < -0.39 is 11.8 Å². The van der Waals surface area contributed by atoms with Crippen LogP contribution in [0.25, 0.3) is 5.76 Å². The summed E-state index contributed by atoms with van der Waals surface area (Å²) in [6.07, 6.45) is 0. The zero-order chi connectivity index (χ0) is 13.3. The maximum Gasteiger partial charge on any atom is 0.379 e. The number of thioether (sulfide) groups is 1. The number of aliphatic hydroxyl groups excluding tert-OH is 1.